The van der Waals surface area contributed by atoms with Gasteiger partial charge in [0.15, 0.2) is 0 Å². The number of benzene rings is 1. The molecule has 0 spiro atoms. The van der Waals surface area contributed by atoms with Crippen molar-refractivity contribution in [1.82, 2.24) is 9.21 Å². The molecule has 6 heteroatoms. The largest absolute Gasteiger partial charge is 0.492 e. The monoisotopic (exact) mass is 312 g/mol. The Morgan fingerprint density at radius 1 is 1.10 bits per heavy atom. The van der Waals surface area contributed by atoms with E-state index in [0.717, 1.165) is 31.8 Å². The Bertz CT molecular complexity index is 543. The van der Waals surface area contributed by atoms with Crippen molar-refractivity contribution in [1.29, 1.82) is 0 Å². The van der Waals surface area contributed by atoms with E-state index in [1.165, 1.54) is 11.8 Å². The molecule has 0 atom stereocenters. The first-order valence-corrected chi connectivity index (χ1v) is 9.17. The Labute approximate surface area is 127 Å². The predicted octanol–water partition coefficient (Wildman–Crippen LogP) is 1.34. The van der Waals surface area contributed by atoms with Crippen LogP contribution in [0.1, 0.15) is 12.0 Å². The van der Waals surface area contributed by atoms with Crippen molar-refractivity contribution in [3.05, 3.63) is 29.8 Å². The van der Waals surface area contributed by atoms with Crippen LogP contribution in [0.2, 0.25) is 0 Å². The van der Waals surface area contributed by atoms with E-state index < -0.39 is 10.0 Å². The zero-order valence-electron chi connectivity index (χ0n) is 12.8. The minimum absolute atomic E-state index is 0.573. The van der Waals surface area contributed by atoms with Crippen molar-refractivity contribution < 1.29 is 13.2 Å². The molecular weight excluding hydrogens is 288 g/mol. The van der Waals surface area contributed by atoms with Crippen molar-refractivity contribution in [3.8, 4) is 5.75 Å². The van der Waals surface area contributed by atoms with Crippen molar-refractivity contribution in [2.45, 2.75) is 13.3 Å². The molecular formula is C15H24N2O3S. The quantitative estimate of drug-likeness (QED) is 0.823. The van der Waals surface area contributed by atoms with Crippen molar-refractivity contribution in [2.24, 2.45) is 0 Å². The third-order valence-electron chi connectivity index (χ3n) is 3.71. The zero-order valence-corrected chi connectivity index (χ0v) is 13.6. The number of aryl methyl sites for hydroxylation is 1. The van der Waals surface area contributed by atoms with E-state index in [2.05, 4.69) is 11.8 Å². The van der Waals surface area contributed by atoms with Gasteiger partial charge < -0.3 is 4.74 Å². The summed E-state index contributed by atoms with van der Waals surface area (Å²) in [5.41, 5.74) is 1.22. The van der Waals surface area contributed by atoms with Gasteiger partial charge in [-0.15, -0.1) is 0 Å². The molecule has 0 unspecified atom stereocenters. The maximum Gasteiger partial charge on any atom is 0.211 e. The molecule has 0 amide bonds. The second kappa shape index (κ2) is 7.24. The maximum atomic E-state index is 11.6. The molecule has 1 aliphatic heterocycles. The van der Waals surface area contributed by atoms with E-state index >= 15 is 0 Å². The molecule has 0 N–H and O–H groups in total. The SMILES string of the molecule is Cc1ccc(OCCN2CCCN(S(C)(=O)=O)CC2)cc1. The lowest BCUT2D eigenvalue weighted by molar-refractivity contribution is 0.215. The van der Waals surface area contributed by atoms with Gasteiger partial charge in [-0.1, -0.05) is 17.7 Å². The van der Waals surface area contributed by atoms with Gasteiger partial charge >= 0.3 is 0 Å². The van der Waals surface area contributed by atoms with Crippen LogP contribution in [-0.4, -0.2) is 63.2 Å². The lowest BCUT2D eigenvalue weighted by atomic mass is 10.2. The van der Waals surface area contributed by atoms with Crippen LogP contribution in [0.4, 0.5) is 0 Å². The minimum Gasteiger partial charge on any atom is -0.492 e. The molecule has 5 nitrogen and oxygen atoms in total. The van der Waals surface area contributed by atoms with Crippen LogP contribution in [0, 0.1) is 6.92 Å². The summed E-state index contributed by atoms with van der Waals surface area (Å²) in [4.78, 5) is 2.26. The van der Waals surface area contributed by atoms with Gasteiger partial charge in [0.05, 0.1) is 6.26 Å². The summed E-state index contributed by atoms with van der Waals surface area (Å²) in [6.45, 7) is 6.38. The molecule has 21 heavy (non-hydrogen) atoms. The second-order valence-corrected chi connectivity index (χ2v) is 7.50. The van der Waals surface area contributed by atoms with E-state index in [0.29, 0.717) is 19.7 Å². The molecule has 1 aromatic rings. The minimum atomic E-state index is -3.06. The fraction of sp³-hybridized carbons (Fsp3) is 0.600. The first-order valence-electron chi connectivity index (χ1n) is 7.32. The molecule has 0 bridgehead atoms. The third kappa shape index (κ3) is 5.30. The first kappa shape index (κ1) is 16.3. The number of hydrogen-bond acceptors (Lipinski definition) is 4. The van der Waals surface area contributed by atoms with Crippen LogP contribution < -0.4 is 4.74 Å². The number of hydrogen-bond donors (Lipinski definition) is 0. The highest BCUT2D eigenvalue weighted by Gasteiger charge is 2.20. The smallest absolute Gasteiger partial charge is 0.211 e. The van der Waals surface area contributed by atoms with Gasteiger partial charge in [-0.25, -0.2) is 12.7 Å². The summed E-state index contributed by atoms with van der Waals surface area (Å²) >= 11 is 0. The summed E-state index contributed by atoms with van der Waals surface area (Å²) in [5.74, 6) is 0.883. The maximum absolute atomic E-state index is 11.6. The third-order valence-corrected chi connectivity index (χ3v) is 5.02. The molecule has 1 heterocycles. The van der Waals surface area contributed by atoms with Crippen molar-refractivity contribution in [3.63, 3.8) is 0 Å². The van der Waals surface area contributed by atoms with E-state index in [-0.39, 0.29) is 0 Å². The lowest BCUT2D eigenvalue weighted by Gasteiger charge is -2.20. The Morgan fingerprint density at radius 3 is 2.48 bits per heavy atom. The van der Waals surface area contributed by atoms with Gasteiger partial charge in [0.1, 0.15) is 12.4 Å². The van der Waals surface area contributed by atoms with Gasteiger partial charge in [0.2, 0.25) is 10.0 Å². The number of sulfonamides is 1. The highest BCUT2D eigenvalue weighted by Crippen LogP contribution is 2.12. The molecule has 1 aromatic carbocycles. The van der Waals surface area contributed by atoms with E-state index in [1.807, 2.05) is 24.3 Å². The summed E-state index contributed by atoms with van der Waals surface area (Å²) in [6.07, 6.45) is 2.15. The summed E-state index contributed by atoms with van der Waals surface area (Å²) in [7, 11) is -3.06. The highest BCUT2D eigenvalue weighted by atomic mass is 32.2. The Kier molecular flexibility index (Phi) is 5.61. The van der Waals surface area contributed by atoms with Crippen LogP contribution in [0.5, 0.6) is 5.75 Å². The van der Waals surface area contributed by atoms with Crippen molar-refractivity contribution >= 4 is 10.0 Å². The molecule has 1 aliphatic rings. The van der Waals surface area contributed by atoms with Crippen LogP contribution in [0.15, 0.2) is 24.3 Å². The lowest BCUT2D eigenvalue weighted by Crippen LogP contribution is -2.35. The standard InChI is InChI=1S/C15H24N2O3S/c1-14-4-6-15(7-5-14)20-13-12-16-8-3-9-17(11-10-16)21(2,18)19/h4-7H,3,8-13H2,1-2H3. The highest BCUT2D eigenvalue weighted by molar-refractivity contribution is 7.88. The average Bonchev–Trinajstić information content (AvgIpc) is 2.66. The van der Waals surface area contributed by atoms with E-state index in [1.54, 1.807) is 4.31 Å². The fourth-order valence-electron chi connectivity index (χ4n) is 2.43. The Morgan fingerprint density at radius 2 is 1.81 bits per heavy atom. The molecule has 0 radical (unpaired) electrons. The molecule has 118 valence electrons. The molecule has 1 fully saturated rings. The number of rotatable bonds is 5. The van der Waals surface area contributed by atoms with Crippen LogP contribution in [0.25, 0.3) is 0 Å². The van der Waals surface area contributed by atoms with Crippen LogP contribution in [-0.2, 0) is 10.0 Å². The van der Waals surface area contributed by atoms with Crippen LogP contribution in [0.3, 0.4) is 0 Å². The van der Waals surface area contributed by atoms with Gasteiger partial charge in [0.25, 0.3) is 0 Å². The number of ether oxygens (including phenoxy) is 1. The number of nitrogens with zero attached hydrogens (tertiary/aromatic N) is 2. The zero-order chi connectivity index (χ0) is 15.3. The average molecular weight is 312 g/mol. The Hall–Kier alpha value is -1.11. The molecule has 0 aromatic heterocycles. The van der Waals surface area contributed by atoms with Gasteiger partial charge in [0, 0.05) is 26.2 Å². The molecule has 2 rings (SSSR count). The molecule has 0 saturated carbocycles. The molecule has 1 saturated heterocycles. The van der Waals surface area contributed by atoms with E-state index in [9.17, 15) is 8.42 Å². The second-order valence-electron chi connectivity index (χ2n) is 5.52. The van der Waals surface area contributed by atoms with E-state index in [4.69, 9.17) is 4.74 Å². The molecule has 0 aliphatic carbocycles. The summed E-state index contributed by atoms with van der Waals surface area (Å²) < 4.78 is 30.4. The fourth-order valence-corrected chi connectivity index (χ4v) is 3.30. The summed E-state index contributed by atoms with van der Waals surface area (Å²) in [5, 5.41) is 0. The normalized spacial score (nSPS) is 18.4. The van der Waals surface area contributed by atoms with Crippen LogP contribution >= 0.6 is 0 Å². The topological polar surface area (TPSA) is 49.9 Å². The van der Waals surface area contributed by atoms with Gasteiger partial charge in [-0.05, 0) is 32.0 Å². The Balaban J connectivity index is 1.75. The van der Waals surface area contributed by atoms with Gasteiger partial charge in [-0.3, -0.25) is 4.90 Å². The first-order chi connectivity index (χ1) is 9.95. The summed E-state index contributed by atoms with van der Waals surface area (Å²) in [6, 6.07) is 8.02. The van der Waals surface area contributed by atoms with Gasteiger partial charge in [-0.2, -0.15) is 0 Å². The van der Waals surface area contributed by atoms with Crippen molar-refractivity contribution in [2.75, 3.05) is 45.6 Å². The predicted molar refractivity (Wildman–Crippen MR) is 84.1 cm³/mol.